The number of hydrogen-bond donors (Lipinski definition) is 1. The lowest BCUT2D eigenvalue weighted by atomic mass is 10.2. The molecule has 2 heterocycles. The largest absolute Gasteiger partial charge is 0.354 e. The fraction of sp³-hybridized carbons (Fsp3) is 0.700. The average Bonchev–Trinajstić information content (AvgIpc) is 2.76. The number of hydrogen-bond acceptors (Lipinski definition) is 5. The minimum Gasteiger partial charge on any atom is -0.354 e. The van der Waals surface area contributed by atoms with Crippen LogP contribution in [0.25, 0.3) is 0 Å². The Morgan fingerprint density at radius 2 is 2.44 bits per heavy atom. The van der Waals surface area contributed by atoms with Crippen molar-refractivity contribution in [2.45, 2.75) is 26.3 Å². The van der Waals surface area contributed by atoms with Crippen molar-refractivity contribution >= 4 is 5.91 Å². The molecular weight excluding hydrogens is 208 g/mol. The Morgan fingerprint density at radius 3 is 3.06 bits per heavy atom. The van der Waals surface area contributed by atoms with Gasteiger partial charge in [-0.2, -0.15) is 4.98 Å². The Morgan fingerprint density at radius 1 is 1.62 bits per heavy atom. The SMILES string of the molecule is CCc1noc(C(C)N2CCNC(=O)C2)n1. The Balaban J connectivity index is 2.05. The summed E-state index contributed by atoms with van der Waals surface area (Å²) in [6.07, 6.45) is 0.761. The number of aromatic nitrogens is 2. The van der Waals surface area contributed by atoms with Gasteiger partial charge in [0.15, 0.2) is 5.82 Å². The minimum atomic E-state index is -0.00106. The molecule has 1 unspecified atom stereocenters. The van der Waals surface area contributed by atoms with E-state index in [1.165, 1.54) is 0 Å². The molecule has 1 aromatic heterocycles. The first-order valence-corrected chi connectivity index (χ1v) is 5.54. The number of carbonyl (C=O) groups is 1. The molecule has 1 aliphatic heterocycles. The second-order valence-electron chi connectivity index (χ2n) is 3.90. The number of aryl methyl sites for hydroxylation is 1. The van der Waals surface area contributed by atoms with Gasteiger partial charge in [-0.1, -0.05) is 12.1 Å². The molecule has 0 aromatic carbocycles. The molecule has 16 heavy (non-hydrogen) atoms. The zero-order valence-electron chi connectivity index (χ0n) is 9.56. The van der Waals surface area contributed by atoms with Crippen LogP contribution < -0.4 is 5.32 Å². The van der Waals surface area contributed by atoms with Gasteiger partial charge in [0.2, 0.25) is 11.8 Å². The molecule has 1 N–H and O–H groups in total. The van der Waals surface area contributed by atoms with E-state index in [9.17, 15) is 4.79 Å². The molecule has 1 amide bonds. The standard InChI is InChI=1S/C10H16N4O2/c1-3-8-12-10(16-13-8)7(2)14-5-4-11-9(15)6-14/h7H,3-6H2,1-2H3,(H,11,15). The van der Waals surface area contributed by atoms with Crippen LogP contribution in [-0.4, -0.2) is 40.6 Å². The third kappa shape index (κ3) is 2.21. The molecule has 6 heteroatoms. The lowest BCUT2D eigenvalue weighted by Gasteiger charge is -2.29. The molecule has 0 spiro atoms. The van der Waals surface area contributed by atoms with Crippen LogP contribution in [0.5, 0.6) is 0 Å². The van der Waals surface area contributed by atoms with Gasteiger partial charge in [-0.25, -0.2) is 0 Å². The smallest absolute Gasteiger partial charge is 0.243 e. The second-order valence-corrected chi connectivity index (χ2v) is 3.90. The third-order valence-corrected chi connectivity index (χ3v) is 2.77. The number of amides is 1. The van der Waals surface area contributed by atoms with Crippen LogP contribution in [0.1, 0.15) is 31.6 Å². The predicted molar refractivity (Wildman–Crippen MR) is 56.7 cm³/mol. The first-order chi connectivity index (χ1) is 7.70. The Hall–Kier alpha value is -1.43. The van der Waals surface area contributed by atoms with Gasteiger partial charge in [0.05, 0.1) is 12.6 Å². The summed E-state index contributed by atoms with van der Waals surface area (Å²) in [5.41, 5.74) is 0. The van der Waals surface area contributed by atoms with Gasteiger partial charge in [0.25, 0.3) is 0 Å². The summed E-state index contributed by atoms with van der Waals surface area (Å²) in [6.45, 7) is 5.85. The maximum Gasteiger partial charge on any atom is 0.243 e. The van der Waals surface area contributed by atoms with Crippen molar-refractivity contribution in [1.29, 1.82) is 0 Å². The van der Waals surface area contributed by atoms with Crippen LogP contribution in [-0.2, 0) is 11.2 Å². The Bertz CT molecular complexity index is 377. The second kappa shape index (κ2) is 4.61. The van der Waals surface area contributed by atoms with Crippen molar-refractivity contribution in [2.24, 2.45) is 0 Å². The van der Waals surface area contributed by atoms with Crippen LogP contribution in [0.2, 0.25) is 0 Å². The molecule has 1 saturated heterocycles. The van der Waals surface area contributed by atoms with Crippen molar-refractivity contribution in [3.05, 3.63) is 11.7 Å². The van der Waals surface area contributed by atoms with E-state index in [4.69, 9.17) is 4.52 Å². The molecule has 0 saturated carbocycles. The molecule has 1 fully saturated rings. The average molecular weight is 224 g/mol. The molecule has 0 aliphatic carbocycles. The number of carbonyl (C=O) groups excluding carboxylic acids is 1. The van der Waals surface area contributed by atoms with Crippen LogP contribution in [0.15, 0.2) is 4.52 Å². The molecule has 0 radical (unpaired) electrons. The van der Waals surface area contributed by atoms with Crippen LogP contribution in [0, 0.1) is 0 Å². The fourth-order valence-electron chi connectivity index (χ4n) is 1.73. The minimum absolute atomic E-state index is 0.00106. The molecule has 1 atom stereocenters. The highest BCUT2D eigenvalue weighted by Gasteiger charge is 2.25. The molecule has 6 nitrogen and oxygen atoms in total. The van der Waals surface area contributed by atoms with Crippen molar-refractivity contribution < 1.29 is 9.32 Å². The summed E-state index contributed by atoms with van der Waals surface area (Å²) in [5.74, 6) is 1.35. The zero-order chi connectivity index (χ0) is 11.5. The van der Waals surface area contributed by atoms with E-state index < -0.39 is 0 Å². The maximum absolute atomic E-state index is 11.3. The molecular formula is C10H16N4O2. The normalized spacial score (nSPS) is 19.5. The van der Waals surface area contributed by atoms with Crippen molar-refractivity contribution in [2.75, 3.05) is 19.6 Å². The van der Waals surface area contributed by atoms with Gasteiger partial charge in [-0.15, -0.1) is 0 Å². The van der Waals surface area contributed by atoms with E-state index >= 15 is 0 Å². The number of piperazine rings is 1. The summed E-state index contributed by atoms with van der Waals surface area (Å²) < 4.78 is 5.17. The summed E-state index contributed by atoms with van der Waals surface area (Å²) in [7, 11) is 0. The first-order valence-electron chi connectivity index (χ1n) is 5.54. The highest BCUT2D eigenvalue weighted by Crippen LogP contribution is 2.18. The third-order valence-electron chi connectivity index (χ3n) is 2.77. The van der Waals surface area contributed by atoms with E-state index in [1.807, 2.05) is 18.7 Å². The zero-order valence-corrected chi connectivity index (χ0v) is 9.56. The van der Waals surface area contributed by atoms with E-state index in [0.717, 1.165) is 13.0 Å². The quantitative estimate of drug-likeness (QED) is 0.790. The topological polar surface area (TPSA) is 71.3 Å². The highest BCUT2D eigenvalue weighted by atomic mass is 16.5. The van der Waals surface area contributed by atoms with Gasteiger partial charge < -0.3 is 9.84 Å². The molecule has 2 rings (SSSR count). The number of nitrogens with zero attached hydrogens (tertiary/aromatic N) is 3. The lowest BCUT2D eigenvalue weighted by Crippen LogP contribution is -2.48. The number of nitrogens with one attached hydrogen (secondary N) is 1. The lowest BCUT2D eigenvalue weighted by molar-refractivity contribution is -0.125. The molecule has 0 bridgehead atoms. The van der Waals surface area contributed by atoms with E-state index in [2.05, 4.69) is 15.5 Å². The van der Waals surface area contributed by atoms with Crippen molar-refractivity contribution in [1.82, 2.24) is 20.4 Å². The summed E-state index contributed by atoms with van der Waals surface area (Å²) in [4.78, 5) is 17.6. The van der Waals surface area contributed by atoms with Gasteiger partial charge in [0, 0.05) is 19.5 Å². The van der Waals surface area contributed by atoms with Crippen molar-refractivity contribution in [3.63, 3.8) is 0 Å². The summed E-state index contributed by atoms with van der Waals surface area (Å²) >= 11 is 0. The van der Waals surface area contributed by atoms with Gasteiger partial charge in [0.1, 0.15) is 0 Å². The molecule has 1 aliphatic rings. The highest BCUT2D eigenvalue weighted by molar-refractivity contribution is 5.78. The Labute approximate surface area is 94.0 Å². The maximum atomic E-state index is 11.3. The van der Waals surface area contributed by atoms with E-state index in [1.54, 1.807) is 0 Å². The van der Waals surface area contributed by atoms with Gasteiger partial charge >= 0.3 is 0 Å². The molecule has 88 valence electrons. The van der Waals surface area contributed by atoms with Crippen molar-refractivity contribution in [3.8, 4) is 0 Å². The Kier molecular flexibility index (Phi) is 3.19. The van der Waals surface area contributed by atoms with Crippen LogP contribution >= 0.6 is 0 Å². The predicted octanol–water partition coefficient (Wildman–Crippen LogP) is 0.125. The van der Waals surface area contributed by atoms with E-state index in [0.29, 0.717) is 24.8 Å². The first kappa shape index (κ1) is 11.1. The van der Waals surface area contributed by atoms with E-state index in [-0.39, 0.29) is 11.9 Å². The van der Waals surface area contributed by atoms with Gasteiger partial charge in [-0.05, 0) is 6.92 Å². The summed E-state index contributed by atoms with van der Waals surface area (Å²) in [5, 5.41) is 6.64. The summed E-state index contributed by atoms with van der Waals surface area (Å²) in [6, 6.07) is -0.00106. The van der Waals surface area contributed by atoms with Crippen LogP contribution in [0.4, 0.5) is 0 Å². The fourth-order valence-corrected chi connectivity index (χ4v) is 1.73. The molecule has 1 aromatic rings. The number of rotatable bonds is 3. The monoisotopic (exact) mass is 224 g/mol. The van der Waals surface area contributed by atoms with Crippen LogP contribution in [0.3, 0.4) is 0 Å². The van der Waals surface area contributed by atoms with Gasteiger partial charge in [-0.3, -0.25) is 9.69 Å².